The minimum absolute atomic E-state index is 0.105. The van der Waals surface area contributed by atoms with Gasteiger partial charge in [0.1, 0.15) is 52.0 Å². The number of ether oxygens (including phenoxy) is 4. The number of aryl methyl sites for hydroxylation is 1. The fraction of sp³-hybridized carbons (Fsp3) is 0.424. The molecule has 0 aromatic heterocycles. The van der Waals surface area contributed by atoms with Crippen molar-refractivity contribution in [1.29, 1.82) is 0 Å². The summed E-state index contributed by atoms with van der Waals surface area (Å²) in [6, 6.07) is 3.89. The van der Waals surface area contributed by atoms with Crippen molar-refractivity contribution in [3.05, 3.63) is 75.0 Å². The van der Waals surface area contributed by atoms with Crippen LogP contribution < -0.4 is 9.47 Å². The number of epoxide rings is 1. The van der Waals surface area contributed by atoms with Crippen LogP contribution in [0.2, 0.25) is 0 Å². The van der Waals surface area contributed by atoms with Gasteiger partial charge in [-0.05, 0) is 45.4 Å². The highest BCUT2D eigenvalue weighted by Gasteiger charge is 2.67. The number of allylic oxidation sites excluding steroid dienone is 1. The molecule has 2 aromatic carbocycles. The summed E-state index contributed by atoms with van der Waals surface area (Å²) in [7, 11) is 2.49. The Kier molecular flexibility index (Phi) is 7.69. The zero-order chi connectivity index (χ0) is 31.4. The Balaban J connectivity index is 1.53. The summed E-state index contributed by atoms with van der Waals surface area (Å²) >= 11 is 0. The van der Waals surface area contributed by atoms with Crippen LogP contribution in [0.1, 0.15) is 71.0 Å². The van der Waals surface area contributed by atoms with E-state index >= 15 is 0 Å². The lowest BCUT2D eigenvalue weighted by Crippen LogP contribution is -2.42. The molecule has 10 nitrogen and oxygen atoms in total. The average Bonchev–Trinajstić information content (AvgIpc) is 3.61. The number of ketones is 1. The molecule has 43 heavy (non-hydrogen) atoms. The van der Waals surface area contributed by atoms with E-state index in [0.717, 1.165) is 12.7 Å². The maximum atomic E-state index is 13.9. The molecule has 2 heterocycles. The number of aliphatic hydroxyl groups excluding tert-OH is 2. The predicted octanol–water partition coefficient (Wildman–Crippen LogP) is 3.83. The summed E-state index contributed by atoms with van der Waals surface area (Å²) in [5, 5.41) is 43.6. The van der Waals surface area contributed by atoms with Crippen molar-refractivity contribution >= 4 is 11.8 Å². The molecule has 3 aliphatic rings. The Hall–Kier alpha value is -4.08. The van der Waals surface area contributed by atoms with Crippen LogP contribution in [-0.2, 0) is 15.9 Å². The van der Waals surface area contributed by atoms with Gasteiger partial charge in [-0.25, -0.2) is 4.79 Å². The van der Waals surface area contributed by atoms with E-state index in [2.05, 4.69) is 5.73 Å². The number of carbonyl (C=O) groups is 2. The first-order valence-corrected chi connectivity index (χ1v) is 14.0. The van der Waals surface area contributed by atoms with E-state index in [9.17, 15) is 30.0 Å². The van der Waals surface area contributed by atoms with Crippen molar-refractivity contribution in [2.75, 3.05) is 14.2 Å². The van der Waals surface area contributed by atoms with Gasteiger partial charge in [0, 0.05) is 42.5 Å². The summed E-state index contributed by atoms with van der Waals surface area (Å²) < 4.78 is 22.1. The van der Waals surface area contributed by atoms with Gasteiger partial charge in [-0.2, -0.15) is 0 Å². The zero-order valence-electron chi connectivity index (χ0n) is 25.0. The first-order valence-electron chi connectivity index (χ1n) is 14.0. The molecule has 0 radical (unpaired) electrons. The summed E-state index contributed by atoms with van der Waals surface area (Å²) in [5.74, 6) is -2.40. The number of fused-ring (bicyclic) bond motifs is 2. The quantitative estimate of drug-likeness (QED) is 0.123. The van der Waals surface area contributed by atoms with Crippen LogP contribution in [0, 0.1) is 6.92 Å². The number of esters is 1. The normalized spacial score (nSPS) is 26.8. The third-order valence-corrected chi connectivity index (χ3v) is 8.37. The second-order valence-corrected chi connectivity index (χ2v) is 11.8. The van der Waals surface area contributed by atoms with Crippen molar-refractivity contribution < 1.29 is 49.0 Å². The van der Waals surface area contributed by atoms with Crippen LogP contribution in [0.3, 0.4) is 0 Å². The van der Waals surface area contributed by atoms with Crippen LogP contribution in [0.25, 0.3) is 0 Å². The minimum atomic E-state index is -1.05. The fourth-order valence-electron chi connectivity index (χ4n) is 6.00. The number of hydrogen-bond donors (Lipinski definition) is 4. The van der Waals surface area contributed by atoms with E-state index in [0.29, 0.717) is 29.5 Å². The number of aromatic hydroxyl groups is 2. The van der Waals surface area contributed by atoms with Crippen molar-refractivity contribution in [2.45, 2.75) is 76.5 Å². The lowest BCUT2D eigenvalue weighted by Gasteiger charge is -2.28. The smallest absolute Gasteiger partial charge is 0.338 e. The van der Waals surface area contributed by atoms with E-state index in [1.54, 1.807) is 19.9 Å². The number of benzene rings is 2. The van der Waals surface area contributed by atoms with Gasteiger partial charge in [0.15, 0.2) is 0 Å². The topological polar surface area (TPSA) is 155 Å². The first kappa shape index (κ1) is 30.4. The highest BCUT2D eigenvalue weighted by molar-refractivity contribution is 6.19. The molecule has 10 heteroatoms. The summed E-state index contributed by atoms with van der Waals surface area (Å²) in [5.41, 5.74) is 3.24. The van der Waals surface area contributed by atoms with Crippen molar-refractivity contribution in [2.24, 2.45) is 0 Å². The lowest BCUT2D eigenvalue weighted by atomic mass is 9.79. The van der Waals surface area contributed by atoms with E-state index in [-0.39, 0.29) is 40.4 Å². The number of rotatable bonds is 7. The van der Waals surface area contributed by atoms with Gasteiger partial charge in [0.2, 0.25) is 5.78 Å². The Bertz CT molecular complexity index is 1610. The third-order valence-electron chi connectivity index (χ3n) is 8.37. The molecular formula is C33H36O10. The largest absolute Gasteiger partial charge is 0.507 e. The van der Waals surface area contributed by atoms with Gasteiger partial charge in [0.05, 0.1) is 31.5 Å². The van der Waals surface area contributed by atoms with E-state index in [1.807, 2.05) is 19.9 Å². The standard InChI is InChI=1S/C33H36O10/c1-16(2)7-10-33-29(38)18(12-24(36)30(33)43-33)8-9-32(4)15-21-17(3)11-22(34)26(28(21)42-32)27(37)25-20(31(39)41-6)13-19(40-5)14-23(25)35/h7,9,11,13-14,24,29-30,34-36,38H,10,12,15H2,1-6H3/t8?,24-,29+,30-,32+,33+/m0/s1. The van der Waals surface area contributed by atoms with Gasteiger partial charge >= 0.3 is 5.97 Å². The molecule has 4 N–H and O–H groups in total. The molecule has 5 atom stereocenters. The van der Waals surface area contributed by atoms with Crippen LogP contribution in [0.4, 0.5) is 0 Å². The molecule has 0 bridgehead atoms. The third kappa shape index (κ3) is 5.21. The molecule has 0 spiro atoms. The molecule has 2 aromatic rings. The number of phenolic OH excluding ortho intramolecular Hbond substituents is 2. The van der Waals surface area contributed by atoms with Crippen LogP contribution in [-0.4, -0.2) is 75.9 Å². The van der Waals surface area contributed by atoms with E-state index < -0.39 is 47.0 Å². The van der Waals surface area contributed by atoms with Gasteiger partial charge < -0.3 is 39.4 Å². The first-order chi connectivity index (χ1) is 20.2. The van der Waals surface area contributed by atoms with Crippen molar-refractivity contribution in [1.82, 2.24) is 0 Å². The molecule has 228 valence electrons. The number of aliphatic hydroxyl groups is 2. The van der Waals surface area contributed by atoms with Gasteiger partial charge in [-0.3, -0.25) is 4.79 Å². The summed E-state index contributed by atoms with van der Waals surface area (Å²) in [6.45, 7) is 7.46. The zero-order valence-corrected chi connectivity index (χ0v) is 25.0. The summed E-state index contributed by atoms with van der Waals surface area (Å²) in [4.78, 5) is 26.5. The Morgan fingerprint density at radius 1 is 1.12 bits per heavy atom. The van der Waals surface area contributed by atoms with Gasteiger partial charge in [-0.1, -0.05) is 11.6 Å². The molecule has 0 unspecified atom stereocenters. The molecule has 5 rings (SSSR count). The SMILES string of the molecule is COC(=O)c1cc(OC)cc(O)c1C(=O)c1c(O)cc(C)c2c1O[C@](C)(C=C=C1C[C@H](O)[C@@H]3O[C@]3(CC=C(C)C)[C@@H]1O)C2. The van der Waals surface area contributed by atoms with Gasteiger partial charge in [-0.15, -0.1) is 5.73 Å². The highest BCUT2D eigenvalue weighted by atomic mass is 16.6. The molecule has 2 fully saturated rings. The number of carbonyl (C=O) groups excluding carboxylic acids is 2. The molecule has 1 aliphatic carbocycles. The molecule has 1 saturated carbocycles. The lowest BCUT2D eigenvalue weighted by molar-refractivity contribution is 0.0596. The Morgan fingerprint density at radius 3 is 2.47 bits per heavy atom. The molecule has 1 saturated heterocycles. The number of hydrogen-bond acceptors (Lipinski definition) is 10. The minimum Gasteiger partial charge on any atom is -0.507 e. The number of phenols is 2. The monoisotopic (exact) mass is 592 g/mol. The second kappa shape index (κ2) is 10.9. The maximum Gasteiger partial charge on any atom is 0.338 e. The molecular weight excluding hydrogens is 556 g/mol. The number of methoxy groups -OCH3 is 2. The van der Waals surface area contributed by atoms with Crippen LogP contribution in [0.5, 0.6) is 23.0 Å². The van der Waals surface area contributed by atoms with Crippen LogP contribution in [0.15, 0.2) is 47.2 Å². The second-order valence-electron chi connectivity index (χ2n) is 11.8. The van der Waals surface area contributed by atoms with Gasteiger partial charge in [0.25, 0.3) is 0 Å². The molecule has 2 aliphatic heterocycles. The maximum absolute atomic E-state index is 13.9. The van der Waals surface area contributed by atoms with Crippen LogP contribution >= 0.6 is 0 Å². The molecule has 0 amide bonds. The van der Waals surface area contributed by atoms with E-state index in [1.165, 1.54) is 25.3 Å². The summed E-state index contributed by atoms with van der Waals surface area (Å²) in [6.07, 6.45) is 2.34. The van der Waals surface area contributed by atoms with Crippen molar-refractivity contribution in [3.8, 4) is 23.0 Å². The van der Waals surface area contributed by atoms with E-state index in [4.69, 9.17) is 18.9 Å². The fourth-order valence-corrected chi connectivity index (χ4v) is 6.00. The highest BCUT2D eigenvalue weighted by Crippen LogP contribution is 2.52. The Labute approximate surface area is 249 Å². The van der Waals surface area contributed by atoms with Crippen molar-refractivity contribution in [3.63, 3.8) is 0 Å². The average molecular weight is 593 g/mol. The predicted molar refractivity (Wildman–Crippen MR) is 155 cm³/mol. The Morgan fingerprint density at radius 2 is 1.81 bits per heavy atom.